The smallest absolute Gasteiger partial charge is 0.244 e. The van der Waals surface area contributed by atoms with Gasteiger partial charge in [0.15, 0.2) is 0 Å². The Bertz CT molecular complexity index is 577. The van der Waals surface area contributed by atoms with E-state index in [-0.39, 0.29) is 5.91 Å². The SMILES string of the molecule is O=C1Cn2nccc2CCN1C1CCN(CC2(F)CNC2)CC1. The Morgan fingerprint density at radius 1 is 1.30 bits per heavy atom. The van der Waals surface area contributed by atoms with Gasteiger partial charge in [0.1, 0.15) is 12.2 Å². The van der Waals surface area contributed by atoms with Crippen LogP contribution in [-0.2, 0) is 17.8 Å². The lowest BCUT2D eigenvalue weighted by molar-refractivity contribution is -0.135. The molecule has 0 atom stereocenters. The number of rotatable bonds is 3. The van der Waals surface area contributed by atoms with Gasteiger partial charge in [0, 0.05) is 63.6 Å². The van der Waals surface area contributed by atoms with Crippen LogP contribution >= 0.6 is 0 Å². The van der Waals surface area contributed by atoms with Crippen molar-refractivity contribution in [3.63, 3.8) is 0 Å². The van der Waals surface area contributed by atoms with Gasteiger partial charge < -0.3 is 10.2 Å². The summed E-state index contributed by atoms with van der Waals surface area (Å²) in [5, 5.41) is 7.24. The highest BCUT2D eigenvalue weighted by Crippen LogP contribution is 2.24. The lowest BCUT2D eigenvalue weighted by Gasteiger charge is -2.43. The fourth-order valence-electron chi connectivity index (χ4n) is 3.98. The summed E-state index contributed by atoms with van der Waals surface area (Å²) in [6, 6.07) is 2.28. The first-order chi connectivity index (χ1) is 11.1. The fraction of sp³-hybridized carbons (Fsp3) is 0.750. The third-order valence-corrected chi connectivity index (χ3v) is 5.41. The van der Waals surface area contributed by atoms with Gasteiger partial charge in [-0.3, -0.25) is 14.4 Å². The Labute approximate surface area is 135 Å². The molecule has 0 radical (unpaired) electrons. The van der Waals surface area contributed by atoms with E-state index < -0.39 is 5.67 Å². The van der Waals surface area contributed by atoms with Crippen LogP contribution in [0.5, 0.6) is 0 Å². The van der Waals surface area contributed by atoms with Crippen molar-refractivity contribution >= 4 is 5.91 Å². The standard InChI is InChI=1S/C16H24FN5O/c17-16(10-18-11-16)12-20-6-2-13(3-7-20)21-8-4-14-1-5-19-22(14)9-15(21)23/h1,5,13,18H,2-4,6-12H2. The number of nitrogens with one attached hydrogen (secondary N) is 1. The van der Waals surface area contributed by atoms with Crippen molar-refractivity contribution in [3.05, 3.63) is 18.0 Å². The monoisotopic (exact) mass is 321 g/mol. The van der Waals surface area contributed by atoms with Gasteiger partial charge >= 0.3 is 0 Å². The summed E-state index contributed by atoms with van der Waals surface area (Å²) in [6.45, 7) is 4.35. The molecule has 0 saturated carbocycles. The molecule has 0 aliphatic carbocycles. The minimum Gasteiger partial charge on any atom is -0.338 e. The normalized spacial score (nSPS) is 25.8. The first-order valence-electron chi connectivity index (χ1n) is 8.55. The highest BCUT2D eigenvalue weighted by atomic mass is 19.1. The minimum atomic E-state index is -1.04. The topological polar surface area (TPSA) is 53.4 Å². The molecule has 1 amide bonds. The van der Waals surface area contributed by atoms with Crippen LogP contribution < -0.4 is 5.32 Å². The van der Waals surface area contributed by atoms with E-state index in [1.807, 2.05) is 15.6 Å². The predicted octanol–water partition coefficient (Wildman–Crippen LogP) is 0.0437. The van der Waals surface area contributed by atoms with Gasteiger partial charge in [-0.15, -0.1) is 0 Å². The van der Waals surface area contributed by atoms with Crippen molar-refractivity contribution in [2.45, 2.75) is 37.5 Å². The number of nitrogens with zero attached hydrogens (tertiary/aromatic N) is 4. The van der Waals surface area contributed by atoms with Crippen molar-refractivity contribution in [2.24, 2.45) is 0 Å². The van der Waals surface area contributed by atoms with Crippen molar-refractivity contribution in [2.75, 3.05) is 39.3 Å². The molecule has 1 aromatic heterocycles. The molecule has 23 heavy (non-hydrogen) atoms. The first kappa shape index (κ1) is 15.1. The van der Waals surface area contributed by atoms with E-state index in [4.69, 9.17) is 0 Å². The third kappa shape index (κ3) is 2.99. The Morgan fingerprint density at radius 2 is 2.09 bits per heavy atom. The second-order valence-electron chi connectivity index (χ2n) is 7.08. The largest absolute Gasteiger partial charge is 0.338 e. The summed E-state index contributed by atoms with van der Waals surface area (Å²) < 4.78 is 16.0. The molecule has 0 spiro atoms. The van der Waals surface area contributed by atoms with E-state index in [1.165, 1.54) is 0 Å². The maximum absolute atomic E-state index is 14.2. The van der Waals surface area contributed by atoms with E-state index in [1.54, 1.807) is 6.20 Å². The fourth-order valence-corrected chi connectivity index (χ4v) is 3.98. The second-order valence-corrected chi connectivity index (χ2v) is 7.08. The van der Waals surface area contributed by atoms with Crippen molar-refractivity contribution in [1.82, 2.24) is 24.9 Å². The molecule has 0 unspecified atom stereocenters. The third-order valence-electron chi connectivity index (χ3n) is 5.41. The van der Waals surface area contributed by atoms with Crippen molar-refractivity contribution in [3.8, 4) is 0 Å². The Hall–Kier alpha value is -1.47. The van der Waals surface area contributed by atoms with E-state index in [9.17, 15) is 9.18 Å². The van der Waals surface area contributed by atoms with Crippen molar-refractivity contribution < 1.29 is 9.18 Å². The van der Waals surface area contributed by atoms with Crippen LogP contribution in [0.15, 0.2) is 12.3 Å². The summed E-state index contributed by atoms with van der Waals surface area (Å²) in [5.41, 5.74) is 0.0932. The molecule has 0 aromatic carbocycles. The summed E-state index contributed by atoms with van der Waals surface area (Å²) in [5.74, 6) is 0.163. The number of hydrogen-bond acceptors (Lipinski definition) is 4. The van der Waals surface area contributed by atoms with Crippen molar-refractivity contribution in [1.29, 1.82) is 0 Å². The van der Waals surface area contributed by atoms with E-state index >= 15 is 0 Å². The highest BCUT2D eigenvalue weighted by Gasteiger charge is 2.40. The lowest BCUT2D eigenvalue weighted by atomic mass is 9.96. The molecule has 7 heteroatoms. The van der Waals surface area contributed by atoms with Crippen LogP contribution in [-0.4, -0.2) is 76.5 Å². The molecule has 2 saturated heterocycles. The number of likely N-dealkylation sites (tertiary alicyclic amines) is 1. The number of aromatic nitrogens is 2. The zero-order chi connectivity index (χ0) is 15.9. The number of halogens is 1. The quantitative estimate of drug-likeness (QED) is 0.854. The van der Waals surface area contributed by atoms with Crippen LogP contribution in [0.25, 0.3) is 0 Å². The number of carbonyl (C=O) groups is 1. The lowest BCUT2D eigenvalue weighted by Crippen LogP contribution is -2.62. The van der Waals surface area contributed by atoms with Gasteiger partial charge in [-0.05, 0) is 18.9 Å². The van der Waals surface area contributed by atoms with Gasteiger partial charge in [0.2, 0.25) is 5.91 Å². The highest BCUT2D eigenvalue weighted by molar-refractivity contribution is 5.76. The Kier molecular flexibility index (Phi) is 3.85. The molecule has 6 nitrogen and oxygen atoms in total. The van der Waals surface area contributed by atoms with Crippen LogP contribution in [0.4, 0.5) is 4.39 Å². The van der Waals surface area contributed by atoms with E-state index in [0.29, 0.717) is 32.2 Å². The minimum absolute atomic E-state index is 0.163. The molecule has 3 aliphatic heterocycles. The van der Waals surface area contributed by atoms with Crippen LogP contribution in [0, 0.1) is 0 Å². The van der Waals surface area contributed by atoms with Crippen LogP contribution in [0.1, 0.15) is 18.5 Å². The number of hydrogen-bond donors (Lipinski definition) is 1. The molecule has 4 heterocycles. The molecule has 1 N–H and O–H groups in total. The second kappa shape index (κ2) is 5.87. The number of amides is 1. The molecule has 0 bridgehead atoms. The average molecular weight is 321 g/mol. The number of carbonyl (C=O) groups excluding carboxylic acids is 1. The summed E-state index contributed by atoms with van der Waals surface area (Å²) in [7, 11) is 0. The number of piperidine rings is 1. The van der Waals surface area contributed by atoms with Gasteiger partial charge in [-0.2, -0.15) is 5.10 Å². The zero-order valence-corrected chi connectivity index (χ0v) is 13.4. The Balaban J connectivity index is 1.33. The van der Waals surface area contributed by atoms with Gasteiger partial charge in [-0.1, -0.05) is 0 Å². The first-order valence-corrected chi connectivity index (χ1v) is 8.55. The molecule has 4 rings (SSSR count). The molecular weight excluding hydrogens is 297 g/mol. The molecule has 126 valence electrons. The van der Waals surface area contributed by atoms with Crippen LogP contribution in [0.3, 0.4) is 0 Å². The van der Waals surface area contributed by atoms with Crippen LogP contribution in [0.2, 0.25) is 0 Å². The van der Waals surface area contributed by atoms with Gasteiger partial charge in [0.25, 0.3) is 0 Å². The zero-order valence-electron chi connectivity index (χ0n) is 13.4. The summed E-state index contributed by atoms with van der Waals surface area (Å²) in [6.07, 6.45) is 4.51. The van der Waals surface area contributed by atoms with E-state index in [0.717, 1.165) is 44.6 Å². The molecular formula is C16H24FN5O. The predicted molar refractivity (Wildman–Crippen MR) is 83.8 cm³/mol. The molecule has 1 aromatic rings. The maximum atomic E-state index is 14.2. The Morgan fingerprint density at radius 3 is 2.78 bits per heavy atom. The van der Waals surface area contributed by atoms with E-state index in [2.05, 4.69) is 15.3 Å². The number of fused-ring (bicyclic) bond motifs is 1. The molecule has 2 fully saturated rings. The van der Waals surface area contributed by atoms with Gasteiger partial charge in [-0.25, -0.2) is 4.39 Å². The van der Waals surface area contributed by atoms with Gasteiger partial charge in [0.05, 0.1) is 0 Å². The number of alkyl halides is 1. The maximum Gasteiger partial charge on any atom is 0.244 e. The summed E-state index contributed by atoms with van der Waals surface area (Å²) >= 11 is 0. The summed E-state index contributed by atoms with van der Waals surface area (Å²) in [4.78, 5) is 16.8. The average Bonchev–Trinajstić information content (AvgIpc) is 2.88. The molecule has 3 aliphatic rings.